The number of nitrogens with zero attached hydrogens (tertiary/aromatic N) is 2. The van der Waals surface area contributed by atoms with Crippen molar-refractivity contribution in [3.63, 3.8) is 0 Å². The first kappa shape index (κ1) is 22.3. The minimum absolute atomic E-state index is 0.000279. The van der Waals surface area contributed by atoms with E-state index in [1.165, 1.54) is 6.26 Å². The maximum absolute atomic E-state index is 13.2. The Morgan fingerprint density at radius 3 is 2.39 bits per heavy atom. The lowest BCUT2D eigenvalue weighted by Crippen LogP contribution is -2.40. The van der Waals surface area contributed by atoms with Gasteiger partial charge >= 0.3 is 6.09 Å². The predicted octanol–water partition coefficient (Wildman–Crippen LogP) is 5.01. The fraction of sp³-hybridized carbons (Fsp3) is 0.269. The van der Waals surface area contributed by atoms with E-state index in [0.29, 0.717) is 24.4 Å². The summed E-state index contributed by atoms with van der Waals surface area (Å²) >= 11 is 0. The van der Waals surface area contributed by atoms with Gasteiger partial charge in [-0.25, -0.2) is 9.69 Å². The van der Waals surface area contributed by atoms with Gasteiger partial charge in [0.05, 0.1) is 12.8 Å². The Kier molecular flexibility index (Phi) is 6.05. The van der Waals surface area contributed by atoms with Gasteiger partial charge < -0.3 is 14.1 Å². The van der Waals surface area contributed by atoms with Gasteiger partial charge in [-0.15, -0.1) is 0 Å². The molecule has 33 heavy (non-hydrogen) atoms. The molecule has 0 unspecified atom stereocenters. The normalized spacial score (nSPS) is 13.1. The molecule has 0 saturated carbocycles. The van der Waals surface area contributed by atoms with E-state index in [0.717, 1.165) is 21.6 Å². The van der Waals surface area contributed by atoms with Gasteiger partial charge in [0.25, 0.3) is 11.8 Å². The van der Waals surface area contributed by atoms with Crippen LogP contribution in [-0.2, 0) is 24.4 Å². The SMILES string of the molecule is CC(C)(C)OC(=O)N(Cc1ccco1)C(=O)c1ccc(CN2Cc3ccccc3C2=O)cc1. The average Bonchev–Trinajstić information content (AvgIpc) is 3.39. The lowest BCUT2D eigenvalue weighted by Gasteiger charge is -2.25. The number of amides is 3. The maximum atomic E-state index is 13.2. The van der Waals surface area contributed by atoms with Crippen molar-refractivity contribution in [2.45, 2.75) is 46.0 Å². The first-order valence-electron chi connectivity index (χ1n) is 10.7. The van der Waals surface area contributed by atoms with Gasteiger partial charge in [-0.2, -0.15) is 0 Å². The Labute approximate surface area is 192 Å². The molecule has 0 N–H and O–H groups in total. The fourth-order valence-electron chi connectivity index (χ4n) is 3.67. The molecule has 0 aliphatic carbocycles. The van der Waals surface area contributed by atoms with Gasteiger partial charge in [0, 0.05) is 24.2 Å². The lowest BCUT2D eigenvalue weighted by molar-refractivity contribution is 0.0216. The van der Waals surface area contributed by atoms with Crippen molar-refractivity contribution in [2.24, 2.45) is 0 Å². The van der Waals surface area contributed by atoms with E-state index in [4.69, 9.17) is 9.15 Å². The Morgan fingerprint density at radius 1 is 1.03 bits per heavy atom. The number of rotatable bonds is 5. The molecule has 0 saturated heterocycles. The number of ether oxygens (including phenoxy) is 1. The van der Waals surface area contributed by atoms with Crippen LogP contribution in [0.1, 0.15) is 58.4 Å². The number of imide groups is 1. The van der Waals surface area contributed by atoms with Gasteiger partial charge in [0.1, 0.15) is 11.4 Å². The van der Waals surface area contributed by atoms with Crippen molar-refractivity contribution in [1.29, 1.82) is 0 Å². The number of carbonyl (C=O) groups is 3. The summed E-state index contributed by atoms with van der Waals surface area (Å²) in [5.74, 6) is -0.0184. The Hall–Kier alpha value is -3.87. The number of hydrogen-bond acceptors (Lipinski definition) is 5. The highest BCUT2D eigenvalue weighted by atomic mass is 16.6. The molecule has 0 fully saturated rings. The number of carbonyl (C=O) groups excluding carboxylic acids is 3. The third-order valence-electron chi connectivity index (χ3n) is 5.22. The monoisotopic (exact) mass is 446 g/mol. The molecule has 0 spiro atoms. The molecule has 2 heterocycles. The summed E-state index contributed by atoms with van der Waals surface area (Å²) in [6.07, 6.45) is 0.744. The van der Waals surface area contributed by atoms with E-state index < -0.39 is 17.6 Å². The largest absolute Gasteiger partial charge is 0.467 e. The van der Waals surface area contributed by atoms with Crippen molar-refractivity contribution >= 4 is 17.9 Å². The first-order valence-corrected chi connectivity index (χ1v) is 10.7. The number of benzene rings is 2. The van der Waals surface area contributed by atoms with E-state index in [1.807, 2.05) is 24.3 Å². The number of fused-ring (bicyclic) bond motifs is 1. The average molecular weight is 447 g/mol. The molecule has 1 aliphatic rings. The van der Waals surface area contributed by atoms with Crippen molar-refractivity contribution < 1.29 is 23.5 Å². The molecule has 1 aromatic heterocycles. The smallest absolute Gasteiger partial charge is 0.417 e. The minimum atomic E-state index is -0.748. The molecule has 1 aliphatic heterocycles. The van der Waals surface area contributed by atoms with E-state index >= 15 is 0 Å². The van der Waals surface area contributed by atoms with E-state index in [2.05, 4.69) is 0 Å². The van der Waals surface area contributed by atoms with Gasteiger partial charge in [-0.1, -0.05) is 30.3 Å². The van der Waals surface area contributed by atoms with Gasteiger partial charge in [-0.05, 0) is 62.2 Å². The standard InChI is InChI=1S/C26H26N2O5/c1-26(2,3)33-25(31)28(17-21-8-6-14-32-21)23(29)19-12-10-18(11-13-19)15-27-16-20-7-4-5-9-22(20)24(27)30/h4-14H,15-17H2,1-3H3. The summed E-state index contributed by atoms with van der Waals surface area (Å²) in [7, 11) is 0. The van der Waals surface area contributed by atoms with Crippen LogP contribution in [0.25, 0.3) is 0 Å². The molecule has 0 bridgehead atoms. The third-order valence-corrected chi connectivity index (χ3v) is 5.22. The molecule has 7 nitrogen and oxygen atoms in total. The highest BCUT2D eigenvalue weighted by Gasteiger charge is 2.30. The number of furan rings is 1. The van der Waals surface area contributed by atoms with Gasteiger partial charge in [-0.3, -0.25) is 9.59 Å². The minimum Gasteiger partial charge on any atom is -0.467 e. The Bertz CT molecular complexity index is 1160. The molecule has 3 aromatic rings. The third kappa shape index (κ3) is 5.14. The van der Waals surface area contributed by atoms with Crippen LogP contribution in [0, 0.1) is 0 Å². The zero-order chi connectivity index (χ0) is 23.6. The highest BCUT2D eigenvalue weighted by Crippen LogP contribution is 2.24. The molecule has 170 valence electrons. The van der Waals surface area contributed by atoms with Crippen molar-refractivity contribution in [1.82, 2.24) is 9.80 Å². The van der Waals surface area contributed by atoms with E-state index in [1.54, 1.807) is 62.1 Å². The van der Waals surface area contributed by atoms with Crippen LogP contribution in [0.4, 0.5) is 4.79 Å². The summed E-state index contributed by atoms with van der Waals surface area (Å²) in [5, 5.41) is 0. The zero-order valence-electron chi connectivity index (χ0n) is 18.9. The quantitative estimate of drug-likeness (QED) is 0.550. The molecule has 3 amide bonds. The summed E-state index contributed by atoms with van der Waals surface area (Å²) < 4.78 is 10.7. The van der Waals surface area contributed by atoms with Gasteiger partial charge in [0.2, 0.25) is 0 Å². The fourth-order valence-corrected chi connectivity index (χ4v) is 3.67. The summed E-state index contributed by atoms with van der Waals surface area (Å²) in [6, 6.07) is 17.9. The second-order valence-electron chi connectivity index (χ2n) is 8.97. The summed E-state index contributed by atoms with van der Waals surface area (Å²) in [4.78, 5) is 41.3. The zero-order valence-corrected chi connectivity index (χ0v) is 18.9. The molecular formula is C26H26N2O5. The second kappa shape index (κ2) is 8.94. The lowest BCUT2D eigenvalue weighted by atomic mass is 10.1. The first-order chi connectivity index (χ1) is 15.7. The molecule has 0 radical (unpaired) electrons. The Balaban J connectivity index is 1.48. The predicted molar refractivity (Wildman–Crippen MR) is 121 cm³/mol. The topological polar surface area (TPSA) is 80.1 Å². The molecular weight excluding hydrogens is 420 g/mol. The van der Waals surface area contributed by atoms with Crippen LogP contribution in [0.5, 0.6) is 0 Å². The van der Waals surface area contributed by atoms with Crippen molar-refractivity contribution in [3.05, 3.63) is 94.9 Å². The Morgan fingerprint density at radius 2 is 1.76 bits per heavy atom. The number of hydrogen-bond donors (Lipinski definition) is 0. The van der Waals surface area contributed by atoms with Crippen molar-refractivity contribution in [2.75, 3.05) is 0 Å². The molecule has 2 aromatic carbocycles. The highest BCUT2D eigenvalue weighted by molar-refractivity contribution is 6.03. The molecule has 4 rings (SSSR count). The van der Waals surface area contributed by atoms with Crippen LogP contribution in [0.3, 0.4) is 0 Å². The van der Waals surface area contributed by atoms with Gasteiger partial charge in [0.15, 0.2) is 0 Å². The maximum Gasteiger partial charge on any atom is 0.417 e. The van der Waals surface area contributed by atoms with E-state index in [-0.39, 0.29) is 12.5 Å². The van der Waals surface area contributed by atoms with Crippen LogP contribution in [-0.4, -0.2) is 33.3 Å². The van der Waals surface area contributed by atoms with Crippen LogP contribution >= 0.6 is 0 Å². The van der Waals surface area contributed by atoms with E-state index in [9.17, 15) is 14.4 Å². The molecule has 0 atom stereocenters. The summed E-state index contributed by atoms with van der Waals surface area (Å²) in [5.41, 5.74) is 2.23. The van der Waals surface area contributed by atoms with Crippen molar-refractivity contribution in [3.8, 4) is 0 Å². The van der Waals surface area contributed by atoms with Crippen LogP contribution < -0.4 is 0 Å². The summed E-state index contributed by atoms with van der Waals surface area (Å²) in [6.45, 7) is 6.19. The van der Waals surface area contributed by atoms with Crippen LogP contribution in [0.2, 0.25) is 0 Å². The van der Waals surface area contributed by atoms with Crippen LogP contribution in [0.15, 0.2) is 71.3 Å². The second-order valence-corrected chi connectivity index (χ2v) is 8.97. The molecule has 7 heteroatoms.